The lowest BCUT2D eigenvalue weighted by atomic mass is 9.74. The summed E-state index contributed by atoms with van der Waals surface area (Å²) in [6, 6.07) is 8.59. The number of aliphatic hydroxyl groups excluding tert-OH is 1. The van der Waals surface area contributed by atoms with Gasteiger partial charge in [-0.25, -0.2) is 0 Å². The van der Waals surface area contributed by atoms with E-state index in [-0.39, 0.29) is 22.0 Å². The Morgan fingerprint density at radius 2 is 1.61 bits per heavy atom. The van der Waals surface area contributed by atoms with Gasteiger partial charge in [-0.2, -0.15) is 0 Å². The van der Waals surface area contributed by atoms with Crippen molar-refractivity contribution < 1.29 is 9.53 Å². The van der Waals surface area contributed by atoms with Crippen molar-refractivity contribution in [1.82, 2.24) is 4.98 Å². The normalized spacial score (nSPS) is 21.4. The monoisotopic (exact) mass is 647 g/mol. The van der Waals surface area contributed by atoms with E-state index in [1.807, 2.05) is 0 Å². The summed E-state index contributed by atoms with van der Waals surface area (Å²) in [5.41, 5.74) is 7.08. The minimum Gasteiger partial charge on any atom is -0.410 e. The molecule has 2 aliphatic rings. The molecule has 1 aromatic carbocycles. The first kappa shape index (κ1) is 30.2. The second kappa shape index (κ2) is 10.6. The number of aliphatic hydroxyl groups is 1. The van der Waals surface area contributed by atoms with Crippen molar-refractivity contribution in [2.75, 3.05) is 0 Å². The standard InChI is InChI=1S/C33H50INO2Si/c1-31(2,3)23-17-15-22(16-18-23)30(36)27-28(34)26-24(35-29(27)21-13-11-12-14-21)19-33(7,8)20-25(26)37-38(9,10)32(4,5)6/h15-18,21,25,30,36H,11-14,19-20H2,1-10H3/t25-,30?/m0/s1. The molecule has 2 aliphatic carbocycles. The van der Waals surface area contributed by atoms with Crippen molar-refractivity contribution in [3.63, 3.8) is 0 Å². The molecule has 1 aromatic heterocycles. The van der Waals surface area contributed by atoms with E-state index in [4.69, 9.17) is 9.41 Å². The molecule has 0 aliphatic heterocycles. The maximum Gasteiger partial charge on any atom is 0.192 e. The smallest absolute Gasteiger partial charge is 0.192 e. The van der Waals surface area contributed by atoms with Gasteiger partial charge in [0.2, 0.25) is 0 Å². The van der Waals surface area contributed by atoms with Crippen LogP contribution in [0.4, 0.5) is 0 Å². The fourth-order valence-corrected chi connectivity index (χ4v) is 8.47. The molecule has 38 heavy (non-hydrogen) atoms. The Hall–Kier alpha value is -0.763. The van der Waals surface area contributed by atoms with E-state index in [0.717, 1.165) is 42.5 Å². The molecule has 1 unspecified atom stereocenters. The van der Waals surface area contributed by atoms with Gasteiger partial charge in [-0.15, -0.1) is 0 Å². The fraction of sp³-hybridized carbons (Fsp3) is 0.667. The van der Waals surface area contributed by atoms with Crippen molar-refractivity contribution in [3.8, 4) is 0 Å². The van der Waals surface area contributed by atoms with Gasteiger partial charge >= 0.3 is 0 Å². The van der Waals surface area contributed by atoms with Gasteiger partial charge in [-0.05, 0) is 88.4 Å². The average Bonchev–Trinajstić information content (AvgIpc) is 3.30. The molecule has 1 heterocycles. The van der Waals surface area contributed by atoms with Gasteiger partial charge in [0.25, 0.3) is 0 Å². The predicted octanol–water partition coefficient (Wildman–Crippen LogP) is 9.76. The molecule has 0 radical (unpaired) electrons. The largest absolute Gasteiger partial charge is 0.410 e. The third-order valence-corrected chi connectivity index (χ3v) is 15.0. The van der Waals surface area contributed by atoms with Gasteiger partial charge in [0.15, 0.2) is 8.32 Å². The Labute approximate surface area is 246 Å². The Bertz CT molecular complexity index is 1150. The van der Waals surface area contributed by atoms with Crippen molar-refractivity contribution in [2.24, 2.45) is 5.41 Å². The van der Waals surface area contributed by atoms with Crippen LogP contribution in [-0.2, 0) is 16.3 Å². The van der Waals surface area contributed by atoms with Crippen LogP contribution in [-0.4, -0.2) is 18.4 Å². The zero-order valence-corrected chi connectivity index (χ0v) is 28.6. The first-order chi connectivity index (χ1) is 17.4. The van der Waals surface area contributed by atoms with Gasteiger partial charge in [-0.1, -0.05) is 92.5 Å². The van der Waals surface area contributed by atoms with Crippen LogP contribution in [0.25, 0.3) is 0 Å². The highest BCUT2D eigenvalue weighted by atomic mass is 127. The Morgan fingerprint density at radius 3 is 2.13 bits per heavy atom. The number of rotatable bonds is 5. The summed E-state index contributed by atoms with van der Waals surface area (Å²) in [6.07, 6.45) is 6.11. The zero-order valence-electron chi connectivity index (χ0n) is 25.5. The Kier molecular flexibility index (Phi) is 8.40. The van der Waals surface area contributed by atoms with E-state index in [0.29, 0.717) is 5.92 Å². The number of nitrogens with zero attached hydrogens (tertiary/aromatic N) is 1. The lowest BCUT2D eigenvalue weighted by Crippen LogP contribution is -2.44. The maximum atomic E-state index is 12.0. The molecule has 0 spiro atoms. The van der Waals surface area contributed by atoms with Crippen molar-refractivity contribution in [2.45, 2.75) is 136 Å². The summed E-state index contributed by atoms with van der Waals surface area (Å²) < 4.78 is 8.34. The topological polar surface area (TPSA) is 42.4 Å². The second-order valence-electron chi connectivity index (χ2n) is 15.3. The highest BCUT2D eigenvalue weighted by Gasteiger charge is 2.44. The SMILES string of the molecule is CC1(C)Cc2nc(C3CCCC3)c(C(O)c3ccc(C(C)(C)C)cc3)c(I)c2[C@@H](O[Si](C)(C)C(C)(C)C)C1. The molecule has 0 bridgehead atoms. The fourth-order valence-electron chi connectivity index (χ4n) is 5.98. The lowest BCUT2D eigenvalue weighted by Gasteiger charge is -2.44. The highest BCUT2D eigenvalue weighted by Crippen LogP contribution is 2.51. The number of aromatic nitrogens is 1. The van der Waals surface area contributed by atoms with Crippen LogP contribution in [0.2, 0.25) is 18.1 Å². The lowest BCUT2D eigenvalue weighted by molar-refractivity contribution is 0.104. The summed E-state index contributed by atoms with van der Waals surface area (Å²) in [6.45, 7) is 23.1. The zero-order chi connectivity index (χ0) is 28.3. The molecule has 1 saturated carbocycles. The average molecular weight is 648 g/mol. The van der Waals surface area contributed by atoms with Crippen molar-refractivity contribution >= 4 is 30.9 Å². The van der Waals surface area contributed by atoms with Gasteiger partial charge in [0, 0.05) is 26.3 Å². The summed E-state index contributed by atoms with van der Waals surface area (Å²) in [5, 5.41) is 12.1. The third kappa shape index (κ3) is 6.11. The minimum atomic E-state index is -2.01. The van der Waals surface area contributed by atoms with E-state index >= 15 is 0 Å². The second-order valence-corrected chi connectivity index (χ2v) is 21.1. The van der Waals surface area contributed by atoms with E-state index in [2.05, 4.69) is 115 Å². The van der Waals surface area contributed by atoms with Crippen LogP contribution in [0.5, 0.6) is 0 Å². The number of benzene rings is 1. The molecule has 4 rings (SSSR count). The molecule has 2 aromatic rings. The van der Waals surface area contributed by atoms with Crippen LogP contribution in [0.15, 0.2) is 24.3 Å². The van der Waals surface area contributed by atoms with Gasteiger partial charge in [0.05, 0.1) is 11.8 Å². The molecule has 0 saturated heterocycles. The minimum absolute atomic E-state index is 0.0147. The van der Waals surface area contributed by atoms with Crippen LogP contribution in [0, 0.1) is 8.99 Å². The van der Waals surface area contributed by atoms with Gasteiger partial charge < -0.3 is 9.53 Å². The molecule has 1 fully saturated rings. The third-order valence-electron chi connectivity index (χ3n) is 9.37. The quantitative estimate of drug-likeness (QED) is 0.260. The first-order valence-corrected chi connectivity index (χ1v) is 18.6. The van der Waals surface area contributed by atoms with Crippen molar-refractivity contribution in [1.29, 1.82) is 0 Å². The number of hydrogen-bond acceptors (Lipinski definition) is 3. The molecule has 1 N–H and O–H groups in total. The number of pyridine rings is 1. The van der Waals surface area contributed by atoms with Crippen LogP contribution in [0.1, 0.15) is 139 Å². The van der Waals surface area contributed by atoms with Crippen molar-refractivity contribution in [3.05, 3.63) is 61.5 Å². The summed E-state index contributed by atoms with van der Waals surface area (Å²) in [5.74, 6) is 0.428. The van der Waals surface area contributed by atoms with E-state index in [9.17, 15) is 5.11 Å². The van der Waals surface area contributed by atoms with Crippen LogP contribution < -0.4 is 0 Å². The van der Waals surface area contributed by atoms with E-state index in [1.54, 1.807) is 0 Å². The Morgan fingerprint density at radius 1 is 1.03 bits per heavy atom. The molecular weight excluding hydrogens is 597 g/mol. The van der Waals surface area contributed by atoms with E-state index in [1.165, 1.54) is 33.2 Å². The molecule has 3 nitrogen and oxygen atoms in total. The number of fused-ring (bicyclic) bond motifs is 1. The summed E-state index contributed by atoms with van der Waals surface area (Å²) in [7, 11) is -2.01. The molecular formula is C33H50INO2Si. The van der Waals surface area contributed by atoms with Crippen LogP contribution in [0.3, 0.4) is 0 Å². The number of halogens is 1. The first-order valence-electron chi connectivity index (χ1n) is 14.6. The highest BCUT2D eigenvalue weighted by molar-refractivity contribution is 14.1. The molecule has 5 heteroatoms. The molecule has 2 atom stereocenters. The summed E-state index contributed by atoms with van der Waals surface area (Å²) >= 11 is 2.53. The van der Waals surface area contributed by atoms with Crippen LogP contribution >= 0.6 is 22.6 Å². The Balaban J connectivity index is 1.87. The number of hydrogen-bond donors (Lipinski definition) is 1. The van der Waals surface area contributed by atoms with E-state index < -0.39 is 14.4 Å². The molecule has 0 amide bonds. The van der Waals surface area contributed by atoms with Gasteiger partial charge in [0.1, 0.15) is 6.10 Å². The summed E-state index contributed by atoms with van der Waals surface area (Å²) in [4.78, 5) is 5.47. The maximum absolute atomic E-state index is 12.0. The molecule has 210 valence electrons. The van der Waals surface area contributed by atoms with Gasteiger partial charge in [-0.3, -0.25) is 4.98 Å². The predicted molar refractivity (Wildman–Crippen MR) is 170 cm³/mol.